The Morgan fingerprint density at radius 3 is 2.65 bits per heavy atom. The Bertz CT molecular complexity index is 891. The predicted molar refractivity (Wildman–Crippen MR) is 80.5 cm³/mol. The van der Waals surface area contributed by atoms with Gasteiger partial charge in [-0.25, -0.2) is 0 Å². The van der Waals surface area contributed by atoms with E-state index in [1.54, 1.807) is 0 Å². The number of hydrogen-bond donors (Lipinski definition) is 0. The van der Waals surface area contributed by atoms with E-state index in [2.05, 4.69) is 71.9 Å². The lowest BCUT2D eigenvalue weighted by atomic mass is 9.93. The van der Waals surface area contributed by atoms with Crippen molar-refractivity contribution in [3.05, 3.63) is 78.5 Å². The summed E-state index contributed by atoms with van der Waals surface area (Å²) in [6.07, 6.45) is 2.23. The van der Waals surface area contributed by atoms with Crippen molar-refractivity contribution in [2.24, 2.45) is 0 Å². The minimum Gasteiger partial charge on any atom is -0.190 e. The molecule has 1 nitrogen and oxygen atoms in total. The topological polar surface area (TPSA) is 3.88 Å². The molecule has 0 spiro atoms. The van der Waals surface area contributed by atoms with E-state index in [-0.39, 0.29) is 0 Å². The van der Waals surface area contributed by atoms with Gasteiger partial charge in [-0.05, 0) is 23.1 Å². The molecule has 20 heavy (non-hydrogen) atoms. The molecule has 2 aromatic carbocycles. The molecule has 1 aliphatic heterocycles. The van der Waals surface area contributed by atoms with Crippen molar-refractivity contribution >= 4 is 10.8 Å². The number of nitrogens with zero attached hydrogens (tertiary/aromatic N) is 1. The van der Waals surface area contributed by atoms with E-state index in [1.165, 1.54) is 33.2 Å². The molecule has 2 aliphatic rings. The van der Waals surface area contributed by atoms with Crippen LogP contribution in [0.15, 0.2) is 72.9 Å². The van der Waals surface area contributed by atoms with Crippen LogP contribution in [-0.2, 0) is 0 Å². The maximum atomic E-state index is 4.27. The molecule has 5 rings (SSSR count). The van der Waals surface area contributed by atoms with Crippen LogP contribution in [0, 0.1) is 0 Å². The van der Waals surface area contributed by atoms with Gasteiger partial charge in [0.05, 0.1) is 16.9 Å². The van der Waals surface area contributed by atoms with Crippen molar-refractivity contribution < 1.29 is 4.57 Å². The minimum atomic E-state index is 0.463. The summed E-state index contributed by atoms with van der Waals surface area (Å²) < 4.78 is 2.41. The van der Waals surface area contributed by atoms with Crippen LogP contribution in [0.5, 0.6) is 0 Å². The van der Waals surface area contributed by atoms with Gasteiger partial charge in [0.25, 0.3) is 0 Å². The normalized spacial score (nSPS) is 22.1. The molecule has 2 atom stereocenters. The Morgan fingerprint density at radius 2 is 1.70 bits per heavy atom. The van der Waals surface area contributed by atoms with Gasteiger partial charge in [-0.15, -0.1) is 0 Å². The van der Waals surface area contributed by atoms with E-state index in [0.717, 1.165) is 0 Å². The second kappa shape index (κ2) is 3.37. The van der Waals surface area contributed by atoms with Gasteiger partial charge in [0.1, 0.15) is 0 Å². The highest BCUT2D eigenvalue weighted by Gasteiger charge is 2.57. The van der Waals surface area contributed by atoms with Crippen LogP contribution in [-0.4, -0.2) is 0 Å². The van der Waals surface area contributed by atoms with Gasteiger partial charge in [-0.1, -0.05) is 43.0 Å². The Balaban J connectivity index is 1.98. The first-order chi connectivity index (χ1) is 9.86. The average molecular weight is 256 g/mol. The molecule has 0 N–H and O–H groups in total. The molecule has 3 aromatic rings. The smallest absolute Gasteiger partial charge is 0.190 e. The first-order valence-corrected chi connectivity index (χ1v) is 7.07. The molecule has 1 saturated carbocycles. The zero-order valence-corrected chi connectivity index (χ0v) is 11.1. The van der Waals surface area contributed by atoms with Gasteiger partial charge >= 0.3 is 0 Å². The fourth-order valence-corrected chi connectivity index (χ4v) is 3.74. The monoisotopic (exact) mass is 256 g/mol. The van der Waals surface area contributed by atoms with Crippen LogP contribution in [0.25, 0.3) is 22.0 Å². The number of allylic oxidation sites excluding steroid dienone is 1. The highest BCUT2D eigenvalue weighted by atomic mass is 15.1. The van der Waals surface area contributed by atoms with Gasteiger partial charge in [-0.2, -0.15) is 4.57 Å². The van der Waals surface area contributed by atoms with E-state index < -0.39 is 0 Å². The van der Waals surface area contributed by atoms with Crippen LogP contribution in [0.3, 0.4) is 0 Å². The van der Waals surface area contributed by atoms with E-state index in [0.29, 0.717) is 12.0 Å². The third-order valence-electron chi connectivity index (χ3n) is 4.73. The van der Waals surface area contributed by atoms with Crippen LogP contribution in [0.4, 0.5) is 0 Å². The molecule has 1 fully saturated rings. The van der Waals surface area contributed by atoms with Crippen molar-refractivity contribution in [2.75, 3.05) is 0 Å². The Kier molecular flexibility index (Phi) is 1.75. The Hall–Kier alpha value is -2.41. The largest absolute Gasteiger partial charge is 0.221 e. The molecule has 1 aromatic heterocycles. The molecule has 0 saturated heterocycles. The zero-order chi connectivity index (χ0) is 13.3. The van der Waals surface area contributed by atoms with Crippen molar-refractivity contribution in [3.8, 4) is 11.3 Å². The van der Waals surface area contributed by atoms with Crippen molar-refractivity contribution in [1.29, 1.82) is 0 Å². The molecule has 94 valence electrons. The Labute approximate surface area is 117 Å². The third kappa shape index (κ3) is 1.11. The van der Waals surface area contributed by atoms with Gasteiger partial charge < -0.3 is 0 Å². The summed E-state index contributed by atoms with van der Waals surface area (Å²) in [6.45, 7) is 4.27. The molecule has 0 amide bonds. The van der Waals surface area contributed by atoms with Crippen LogP contribution in [0.1, 0.15) is 17.5 Å². The van der Waals surface area contributed by atoms with E-state index in [1.807, 2.05) is 0 Å². The summed E-state index contributed by atoms with van der Waals surface area (Å²) in [5.74, 6) is 0.518. The second-order valence-electron chi connectivity index (χ2n) is 5.74. The molecular formula is C19H14N+. The summed E-state index contributed by atoms with van der Waals surface area (Å²) in [5.41, 5.74) is 5.50. The summed E-state index contributed by atoms with van der Waals surface area (Å²) in [7, 11) is 0. The predicted octanol–water partition coefficient (Wildman–Crippen LogP) is 4.00. The highest BCUT2D eigenvalue weighted by Crippen LogP contribution is 2.58. The molecule has 0 bridgehead atoms. The molecule has 0 radical (unpaired) electrons. The maximum Gasteiger partial charge on any atom is 0.221 e. The number of hydrogen-bond acceptors (Lipinski definition) is 0. The Morgan fingerprint density at radius 1 is 0.900 bits per heavy atom. The third-order valence-corrected chi connectivity index (χ3v) is 4.73. The molecule has 2 heterocycles. The summed E-state index contributed by atoms with van der Waals surface area (Å²) in [5, 5.41) is 2.64. The molecule has 1 aliphatic carbocycles. The maximum absolute atomic E-state index is 4.27. The summed E-state index contributed by atoms with van der Waals surface area (Å²) in [4.78, 5) is 0. The summed E-state index contributed by atoms with van der Waals surface area (Å²) in [6, 6.07) is 20.1. The molecule has 1 heteroatoms. The van der Waals surface area contributed by atoms with E-state index in [4.69, 9.17) is 0 Å². The second-order valence-corrected chi connectivity index (χ2v) is 5.74. The zero-order valence-electron chi connectivity index (χ0n) is 11.1. The van der Waals surface area contributed by atoms with Crippen LogP contribution in [0.2, 0.25) is 0 Å². The van der Waals surface area contributed by atoms with Crippen LogP contribution < -0.4 is 4.57 Å². The quantitative estimate of drug-likeness (QED) is 0.423. The molecular weight excluding hydrogens is 242 g/mol. The van der Waals surface area contributed by atoms with E-state index >= 15 is 0 Å². The lowest BCUT2D eigenvalue weighted by molar-refractivity contribution is -0.687. The number of benzene rings is 2. The van der Waals surface area contributed by atoms with Gasteiger partial charge in [-0.3, -0.25) is 0 Å². The van der Waals surface area contributed by atoms with Crippen molar-refractivity contribution in [1.82, 2.24) is 0 Å². The highest BCUT2D eigenvalue weighted by molar-refractivity contribution is 5.94. The van der Waals surface area contributed by atoms with Crippen LogP contribution >= 0.6 is 0 Å². The fraction of sp³-hybridized carbons (Fsp3) is 0.105. The standard InChI is InChI=1S/C19H14N/c1-12-17-15-8-4-5-9-16(15)19-14-7-3-2-6-13(14)10-11-20(19)18(12)17/h2-11,17-18H,1H2/q+1/t17-,18+/m1/s1. The minimum absolute atomic E-state index is 0.463. The van der Waals surface area contributed by atoms with Gasteiger partial charge in [0, 0.05) is 11.6 Å². The van der Waals surface area contributed by atoms with Gasteiger partial charge in [0.15, 0.2) is 12.2 Å². The SMILES string of the molecule is C=C1[C@@H]2c3ccccc3-c3c4ccccc4cc[n+]3[C@@H]12. The first kappa shape index (κ1) is 10.4. The fourth-order valence-electron chi connectivity index (χ4n) is 3.74. The van der Waals surface area contributed by atoms with Gasteiger partial charge in [0.2, 0.25) is 5.69 Å². The van der Waals surface area contributed by atoms with Crippen molar-refractivity contribution in [2.45, 2.75) is 12.0 Å². The number of rotatable bonds is 0. The lowest BCUT2D eigenvalue weighted by Crippen LogP contribution is -2.37. The van der Waals surface area contributed by atoms with E-state index in [9.17, 15) is 0 Å². The summed E-state index contributed by atoms with van der Waals surface area (Å²) >= 11 is 0. The number of pyridine rings is 1. The molecule has 0 unspecified atom stereocenters. The number of aromatic nitrogens is 1. The first-order valence-electron chi connectivity index (χ1n) is 7.07. The lowest BCUT2D eigenvalue weighted by Gasteiger charge is -2.14. The average Bonchev–Trinajstić information content (AvgIpc) is 3.19. The number of fused-ring (bicyclic) bond motifs is 8. The van der Waals surface area contributed by atoms with Crippen molar-refractivity contribution in [3.63, 3.8) is 0 Å².